The zero-order valence-corrected chi connectivity index (χ0v) is 28.4. The summed E-state index contributed by atoms with van der Waals surface area (Å²) in [5, 5.41) is 22.3. The lowest BCUT2D eigenvalue weighted by atomic mass is 9.87. The van der Waals surface area contributed by atoms with E-state index in [1.165, 1.54) is 28.2 Å². The molecule has 12 nitrogen and oxygen atoms in total. The number of piperidine rings is 1. The topological polar surface area (TPSA) is 152 Å². The van der Waals surface area contributed by atoms with Crippen molar-refractivity contribution in [3.05, 3.63) is 86.8 Å². The van der Waals surface area contributed by atoms with Crippen LogP contribution in [-0.2, 0) is 14.4 Å². The number of halogens is 2. The second kappa shape index (κ2) is 12.5. The summed E-state index contributed by atoms with van der Waals surface area (Å²) in [7, 11) is 0. The Kier molecular flexibility index (Phi) is 8.17. The van der Waals surface area contributed by atoms with Crippen LogP contribution in [0.25, 0.3) is 10.9 Å². The smallest absolute Gasteiger partial charge is 0.352 e. The van der Waals surface area contributed by atoms with Gasteiger partial charge >= 0.3 is 11.9 Å². The molecule has 51 heavy (non-hydrogen) atoms. The lowest BCUT2D eigenvalue weighted by Gasteiger charge is -2.52. The van der Waals surface area contributed by atoms with Gasteiger partial charge in [0.2, 0.25) is 17.2 Å². The minimum absolute atomic E-state index is 0.101. The maximum atomic E-state index is 16.6. The van der Waals surface area contributed by atoms with E-state index in [1.807, 2.05) is 35.2 Å². The van der Waals surface area contributed by atoms with Crippen molar-refractivity contribution < 1.29 is 38.2 Å². The molecule has 3 aromatic rings. The van der Waals surface area contributed by atoms with Crippen LogP contribution in [0.3, 0.4) is 0 Å². The quantitative estimate of drug-likeness (QED) is 0.294. The van der Waals surface area contributed by atoms with E-state index < -0.39 is 57.9 Å². The van der Waals surface area contributed by atoms with E-state index in [1.54, 1.807) is 4.90 Å². The molecule has 2 amide bonds. The number of hydrogen-bond acceptors (Lipinski definition) is 8. The van der Waals surface area contributed by atoms with Gasteiger partial charge in [-0.15, -0.1) is 11.8 Å². The predicted octanol–water partition coefficient (Wildman–Crippen LogP) is 3.71. The minimum atomic E-state index is -1.47. The number of nitrogens with one attached hydrogen (secondary N) is 1. The molecule has 1 aliphatic carbocycles. The fourth-order valence-electron chi connectivity index (χ4n) is 8.48. The molecule has 8 rings (SSSR count). The van der Waals surface area contributed by atoms with Crippen molar-refractivity contribution in [1.29, 1.82) is 0 Å². The van der Waals surface area contributed by atoms with Crippen LogP contribution in [0.2, 0.25) is 0 Å². The fourth-order valence-corrected chi connectivity index (χ4v) is 9.95. The van der Waals surface area contributed by atoms with E-state index in [0.717, 1.165) is 24.2 Å². The Bertz CT molecular complexity index is 2100. The van der Waals surface area contributed by atoms with Gasteiger partial charge in [-0.05, 0) is 43.2 Å². The van der Waals surface area contributed by atoms with E-state index in [2.05, 4.69) is 5.32 Å². The molecule has 15 heteroatoms. The van der Waals surface area contributed by atoms with E-state index in [9.17, 15) is 34.2 Å². The molecule has 1 aromatic heterocycles. The number of pyridine rings is 1. The number of β-lactam (4-membered cyclic amide) rings is 1. The summed E-state index contributed by atoms with van der Waals surface area (Å²) in [6, 6.07) is 9.57. The zero-order valence-electron chi connectivity index (χ0n) is 27.6. The van der Waals surface area contributed by atoms with Crippen LogP contribution >= 0.6 is 11.8 Å². The Morgan fingerprint density at radius 2 is 1.76 bits per heavy atom. The number of likely N-dealkylation sites (tertiary alicyclic amines) is 1. The number of carboxylic acid groups (broad SMARTS) is 2. The van der Waals surface area contributed by atoms with Crippen LogP contribution in [0.4, 0.5) is 14.5 Å². The average Bonchev–Trinajstić information content (AvgIpc) is 3.85. The fraction of sp³-hybridized carbons (Fsp3) is 0.417. The van der Waals surface area contributed by atoms with Crippen molar-refractivity contribution >= 4 is 52.1 Å². The van der Waals surface area contributed by atoms with Crippen molar-refractivity contribution in [2.24, 2.45) is 5.92 Å². The van der Waals surface area contributed by atoms with Crippen molar-refractivity contribution in [3.8, 4) is 0 Å². The van der Waals surface area contributed by atoms with E-state index >= 15 is 8.78 Å². The summed E-state index contributed by atoms with van der Waals surface area (Å²) in [6.07, 6.45) is 2.99. The number of carbonyl (C=O) groups excluding carboxylic acids is 2. The number of nitrogens with zero attached hydrogens (tertiary/aromatic N) is 4. The molecule has 0 spiro atoms. The first kappa shape index (κ1) is 33.4. The SMILES string of the molecule is CC(=O)NC(C1=C(C(=O)O)N2C(=O)[C@@H](c3ccccc3)[C@H]2SC1)N1CCC[C@H]2CN(c3c(F)cc4c(=O)c(C(=O)O)cn(C5CC5)c4c3F)C[C@H]21. The molecule has 266 valence electrons. The maximum absolute atomic E-state index is 16.6. The van der Waals surface area contributed by atoms with Crippen molar-refractivity contribution in [2.75, 3.05) is 30.3 Å². The Labute approximate surface area is 294 Å². The third kappa shape index (κ3) is 5.39. The van der Waals surface area contributed by atoms with Gasteiger partial charge in [0.05, 0.1) is 22.2 Å². The largest absolute Gasteiger partial charge is 0.477 e. The molecule has 1 saturated carbocycles. The van der Waals surface area contributed by atoms with Gasteiger partial charge in [-0.1, -0.05) is 30.3 Å². The van der Waals surface area contributed by atoms with Gasteiger partial charge in [-0.25, -0.2) is 18.4 Å². The molecule has 1 unspecified atom stereocenters. The number of benzene rings is 2. The molecule has 5 aliphatic rings. The third-order valence-electron chi connectivity index (χ3n) is 10.9. The molecule has 4 fully saturated rings. The molecule has 0 bridgehead atoms. The lowest BCUT2D eigenvalue weighted by Crippen LogP contribution is -2.63. The number of fused-ring (bicyclic) bond motifs is 3. The number of thioether (sulfide) groups is 1. The highest BCUT2D eigenvalue weighted by Gasteiger charge is 2.55. The molecular weight excluding hydrogens is 684 g/mol. The predicted molar refractivity (Wildman–Crippen MR) is 183 cm³/mol. The van der Waals surface area contributed by atoms with Gasteiger partial charge in [-0.2, -0.15) is 0 Å². The Hall–Kier alpha value is -4.76. The highest BCUT2D eigenvalue weighted by atomic mass is 32.2. The summed E-state index contributed by atoms with van der Waals surface area (Å²) >= 11 is 1.44. The van der Waals surface area contributed by atoms with Crippen molar-refractivity contribution in [3.63, 3.8) is 0 Å². The van der Waals surface area contributed by atoms with Gasteiger partial charge in [0.25, 0.3) is 0 Å². The van der Waals surface area contributed by atoms with Gasteiger partial charge in [0.1, 0.15) is 28.9 Å². The second-order valence-corrected chi connectivity index (χ2v) is 15.0. The monoisotopic (exact) mass is 719 g/mol. The highest BCUT2D eigenvalue weighted by Crippen LogP contribution is 2.50. The molecule has 0 radical (unpaired) electrons. The summed E-state index contributed by atoms with van der Waals surface area (Å²) in [4.78, 5) is 68.9. The van der Waals surface area contributed by atoms with Gasteiger partial charge in [0.15, 0.2) is 5.82 Å². The lowest BCUT2D eigenvalue weighted by molar-refractivity contribution is -0.148. The molecule has 5 atom stereocenters. The number of carboxylic acids is 2. The van der Waals surface area contributed by atoms with Crippen LogP contribution < -0.4 is 15.6 Å². The number of carbonyl (C=O) groups is 4. The summed E-state index contributed by atoms with van der Waals surface area (Å²) in [5.74, 6) is -5.76. The number of aromatic carboxylic acids is 1. The highest BCUT2D eigenvalue weighted by molar-refractivity contribution is 8.00. The number of rotatable bonds is 8. The molecule has 3 N–H and O–H groups in total. The number of anilines is 1. The normalized spacial score (nSPS) is 25.4. The van der Waals surface area contributed by atoms with E-state index in [4.69, 9.17) is 0 Å². The molecule has 3 saturated heterocycles. The molecule has 5 heterocycles. The van der Waals surface area contributed by atoms with E-state index in [-0.39, 0.29) is 65.0 Å². The molecule has 2 aromatic carbocycles. The first-order valence-electron chi connectivity index (χ1n) is 17.0. The summed E-state index contributed by atoms with van der Waals surface area (Å²) in [5.41, 5.74) is -0.929. The molecular formula is C36H35F2N5O7S. The minimum Gasteiger partial charge on any atom is -0.477 e. The van der Waals surface area contributed by atoms with E-state index in [0.29, 0.717) is 31.4 Å². The Balaban J connectivity index is 1.15. The number of amides is 2. The average molecular weight is 720 g/mol. The van der Waals surface area contributed by atoms with Gasteiger partial charge < -0.3 is 25.0 Å². The van der Waals surface area contributed by atoms with Crippen LogP contribution in [0.1, 0.15) is 60.5 Å². The van der Waals surface area contributed by atoms with Crippen LogP contribution in [0.15, 0.2) is 58.7 Å². The van der Waals surface area contributed by atoms with Crippen molar-refractivity contribution in [2.45, 2.75) is 62.1 Å². The van der Waals surface area contributed by atoms with Gasteiger partial charge in [-0.3, -0.25) is 24.2 Å². The standard InChI is InChI=1S/C36H35F2N5O7S/c1-17(44)39-32(23-16-51-34-26(18-6-3-2-4-7-18)33(46)43(34)29(23)36(49)50)41-11-5-8-19-13-40(15-25(19)41)30-24(37)12-21-28(27(30)38)42(20-9-10-20)14-22(31(21)45)35(47)48/h2-4,6-7,12,14,19-20,25-26,32,34H,5,8-11,13,15-16H2,1H3,(H,39,44)(H,47,48)(H,49,50)/t19-,25+,26+,32?,34+/m0/s1. The molecule has 4 aliphatic heterocycles. The van der Waals surface area contributed by atoms with Crippen LogP contribution in [-0.4, -0.2) is 91.3 Å². The van der Waals surface area contributed by atoms with Gasteiger partial charge in [0, 0.05) is 56.2 Å². The van der Waals surface area contributed by atoms with Crippen LogP contribution in [0.5, 0.6) is 0 Å². The second-order valence-electron chi connectivity index (χ2n) is 13.9. The van der Waals surface area contributed by atoms with Crippen LogP contribution in [0, 0.1) is 17.6 Å². The first-order chi connectivity index (χ1) is 24.5. The third-order valence-corrected chi connectivity index (χ3v) is 12.2. The maximum Gasteiger partial charge on any atom is 0.352 e. The number of aliphatic carboxylic acids is 1. The summed E-state index contributed by atoms with van der Waals surface area (Å²) in [6.45, 7) is 2.21. The Morgan fingerprint density at radius 3 is 2.43 bits per heavy atom. The summed E-state index contributed by atoms with van der Waals surface area (Å²) < 4.78 is 34.0. The van der Waals surface area contributed by atoms with Crippen molar-refractivity contribution in [1.82, 2.24) is 19.7 Å². The number of aromatic nitrogens is 1. The number of hydrogen-bond donors (Lipinski definition) is 3. The first-order valence-corrected chi connectivity index (χ1v) is 18.0. The Morgan fingerprint density at radius 1 is 1.02 bits per heavy atom. The zero-order chi connectivity index (χ0) is 35.9.